The van der Waals surface area contributed by atoms with E-state index in [-0.39, 0.29) is 74.8 Å². The Bertz CT molecular complexity index is 2840. The molecule has 0 spiro atoms. The van der Waals surface area contributed by atoms with Gasteiger partial charge in [-0.25, -0.2) is 19.1 Å². The number of fused-ring (bicyclic) bond motifs is 1. The summed E-state index contributed by atoms with van der Waals surface area (Å²) >= 11 is 5.57. The Morgan fingerprint density at radius 1 is 0.689 bits per heavy atom. The summed E-state index contributed by atoms with van der Waals surface area (Å²) in [6.45, 7) is -1.06. The number of aliphatic hydroxyl groups excluding tert-OH is 1. The van der Waals surface area contributed by atoms with Crippen LogP contribution in [0.5, 0.6) is 0 Å². The van der Waals surface area contributed by atoms with Gasteiger partial charge in [-0.3, -0.25) is 37.1 Å². The lowest BCUT2D eigenvalue weighted by Crippen LogP contribution is -2.41. The van der Waals surface area contributed by atoms with Crippen molar-refractivity contribution in [2.45, 2.75) is 101 Å². The van der Waals surface area contributed by atoms with Crippen LogP contribution in [-0.4, -0.2) is 183 Å². The van der Waals surface area contributed by atoms with Gasteiger partial charge in [0, 0.05) is 44.8 Å². The number of hydrogen-bond donors (Lipinski definition) is 7. The molecule has 4 aromatic rings. The van der Waals surface area contributed by atoms with Crippen LogP contribution in [0.15, 0.2) is 33.1 Å². The number of nitrogens with one attached hydrogen (secondary N) is 1. The number of aromatic amines is 1. The average molecular weight is 1110 g/mol. The van der Waals surface area contributed by atoms with Crippen LogP contribution >= 0.6 is 14.5 Å². The zero-order valence-electron chi connectivity index (χ0n) is 41.0. The summed E-state index contributed by atoms with van der Waals surface area (Å²) in [5.74, 6) is -0.300. The summed E-state index contributed by atoms with van der Waals surface area (Å²) in [5, 5.41) is 11.4. The lowest BCUT2D eigenvalue weighted by molar-refractivity contribution is -0.0847. The quantitative estimate of drug-likeness (QED) is 0.0283. The molecule has 74 heavy (non-hydrogen) atoms. The molecule has 10 N–H and O–H groups in total. The highest BCUT2D eigenvalue weighted by molar-refractivity contribution is 8.07. The molecular weight excluding hydrogens is 1050 g/mol. The molecule has 7 heterocycles. The summed E-state index contributed by atoms with van der Waals surface area (Å²) in [5.41, 5.74) is 16.1. The predicted octanol–water partition coefficient (Wildman–Crippen LogP) is -1.32. The largest absolute Gasteiger partial charge is 0.472 e. The van der Waals surface area contributed by atoms with Gasteiger partial charge in [-0.05, 0) is 32.1 Å². The summed E-state index contributed by atoms with van der Waals surface area (Å²) in [6, 6.07) is 0. The molecule has 7 rings (SSSR count). The number of rotatable bonds is 26. The highest BCUT2D eigenvalue weighted by Gasteiger charge is 2.54. The Hall–Kier alpha value is -4.25. The molecule has 0 aliphatic carbocycles. The van der Waals surface area contributed by atoms with Gasteiger partial charge in [0.25, 0.3) is 5.56 Å². The number of nitrogens with two attached hydrogens (primary N) is 3. The number of anilines is 3. The van der Waals surface area contributed by atoms with Gasteiger partial charge in [0.15, 0.2) is 29.8 Å². The monoisotopic (exact) mass is 1110 g/mol. The van der Waals surface area contributed by atoms with Crippen LogP contribution in [-0.2, 0) is 77.1 Å². The Kier molecular flexibility index (Phi) is 19.3. The number of aromatic nitrogens is 8. The van der Waals surface area contributed by atoms with Crippen LogP contribution < -0.4 is 34.1 Å². The van der Waals surface area contributed by atoms with Gasteiger partial charge in [0.05, 0.1) is 65.3 Å². The van der Waals surface area contributed by atoms with E-state index in [0.29, 0.717) is 11.1 Å². The van der Waals surface area contributed by atoms with Crippen molar-refractivity contribution in [3.63, 3.8) is 0 Å². The third-order valence-corrected chi connectivity index (χ3v) is 14.6. The van der Waals surface area contributed by atoms with Gasteiger partial charge >= 0.3 is 25.9 Å². The molecule has 0 bridgehead atoms. The van der Waals surface area contributed by atoms with Crippen LogP contribution in [0.3, 0.4) is 0 Å². The fraction of sp³-hybridized carbons (Fsp3) is 0.675. The molecule has 0 saturated carbocycles. The average Bonchev–Trinajstić information content (AvgIpc) is 4.09. The number of aryl methyl sites for hydroxylation is 2. The molecular formula is C40H61N11O20P2S. The first kappa shape index (κ1) is 57.5. The third-order valence-electron chi connectivity index (χ3n) is 12.0. The van der Waals surface area contributed by atoms with Crippen molar-refractivity contribution in [2.24, 2.45) is 0 Å². The minimum atomic E-state index is -5.34. The van der Waals surface area contributed by atoms with E-state index in [1.807, 2.05) is 0 Å². The lowest BCUT2D eigenvalue weighted by atomic mass is 10.1. The van der Waals surface area contributed by atoms with Gasteiger partial charge < -0.3 is 79.2 Å². The number of phosphoric ester groups is 1. The van der Waals surface area contributed by atoms with Gasteiger partial charge in [0.2, 0.25) is 5.95 Å². The summed E-state index contributed by atoms with van der Waals surface area (Å²) < 4.78 is 93.4. The minimum absolute atomic E-state index is 0.00705. The Labute approximate surface area is 426 Å². The summed E-state index contributed by atoms with van der Waals surface area (Å²) in [4.78, 5) is 80.9. The number of ether oxygens (including phenoxy) is 9. The molecule has 3 fully saturated rings. The number of hydrogen-bond acceptors (Lipinski definition) is 26. The first-order chi connectivity index (χ1) is 35.2. The topological polar surface area (TPSA) is 409 Å². The van der Waals surface area contributed by atoms with Crippen LogP contribution in [0.4, 0.5) is 17.6 Å². The van der Waals surface area contributed by atoms with Crippen molar-refractivity contribution in [3.8, 4) is 0 Å². The molecule has 3 saturated heterocycles. The second-order valence-corrected chi connectivity index (χ2v) is 21.2. The Morgan fingerprint density at radius 2 is 1.18 bits per heavy atom. The number of H-pyrrole nitrogens is 1. The maximum Gasteiger partial charge on any atom is 0.472 e. The number of methoxy groups -OCH3 is 3. The van der Waals surface area contributed by atoms with Crippen LogP contribution in [0.2, 0.25) is 0 Å². The van der Waals surface area contributed by atoms with E-state index in [0.717, 1.165) is 9.13 Å². The van der Waals surface area contributed by atoms with Crippen LogP contribution in [0.1, 0.15) is 43.2 Å². The third kappa shape index (κ3) is 13.1. The van der Waals surface area contributed by atoms with E-state index in [9.17, 15) is 33.8 Å². The standard InChI is InChI=1S/C40H61N11O20P2S/c1-7-21-26(29(63-12-9-60-5)37(67-21)51-18-44-24-33(51)47-38(43)48-34(24)53)71-73(58,74)66-17-23-27(30(64-13-10-61-6)36(69-23)50-15-20(3)32(42)46-40(50)55)70-72(56,57)65-16-22-25(52)28(62-11-8-59-4)35(68-22)49-14-19(2)31(41)45-39(49)54/h14-15,18,21-23,25-30,35-37,52H,7-13,16-17H2,1-6H3,(H,56,57)(H,58,74)(H2,41,45,54)(H2,42,46,55)(H3,43,47,48,53)/t21-,22-,23-,25?,26?,27?,28+,29+,30+,35-,36-,37-,73?/m1/s1. The normalized spacial score (nSPS) is 28.8. The van der Waals surface area contributed by atoms with E-state index in [4.69, 9.17) is 89.7 Å². The first-order valence-electron chi connectivity index (χ1n) is 22.9. The SMILES string of the molecule is CC[C@H]1O[C@@H](n2cnc3c(=O)[nH]c(N)nc32)[C@@H](OCCOC)C1OP(O)(=S)OC[C@H]1O[C@@H](n2cc(C)c(N)nc2=O)[C@@H](OCCOC)C1OP(=O)(O)OC[C@H]1O[C@@H](n2cc(C)c(N)nc2=O)[C@@H](OCCOC)C1O. The van der Waals surface area contributed by atoms with Crippen molar-refractivity contribution < 1.29 is 80.2 Å². The molecule has 34 heteroatoms. The van der Waals surface area contributed by atoms with Crippen LogP contribution in [0, 0.1) is 13.8 Å². The zero-order valence-corrected chi connectivity index (χ0v) is 43.6. The minimum Gasteiger partial charge on any atom is -0.387 e. The fourth-order valence-electron chi connectivity index (χ4n) is 8.35. The highest BCUT2D eigenvalue weighted by atomic mass is 32.5. The maximum atomic E-state index is 14.1. The molecule has 3 aliphatic rings. The van der Waals surface area contributed by atoms with Crippen molar-refractivity contribution in [2.75, 3.05) is 91.4 Å². The fourth-order valence-corrected chi connectivity index (χ4v) is 10.8. The molecule has 14 atom stereocenters. The van der Waals surface area contributed by atoms with Gasteiger partial charge in [-0.1, -0.05) is 6.92 Å². The van der Waals surface area contributed by atoms with Gasteiger partial charge in [0.1, 0.15) is 60.5 Å². The summed E-state index contributed by atoms with van der Waals surface area (Å²) in [7, 11) is -1.04. The van der Waals surface area contributed by atoms with E-state index >= 15 is 0 Å². The molecule has 4 aromatic heterocycles. The molecule has 0 aromatic carbocycles. The molecule has 0 radical (unpaired) electrons. The smallest absolute Gasteiger partial charge is 0.387 e. The number of imidazole rings is 1. The molecule has 412 valence electrons. The van der Waals surface area contributed by atoms with E-state index < -0.39 is 118 Å². The number of nitrogen functional groups attached to an aromatic ring is 3. The van der Waals surface area contributed by atoms with Crippen LogP contribution in [0.25, 0.3) is 11.2 Å². The number of phosphoric acid groups is 1. The molecule has 31 nitrogen and oxygen atoms in total. The van der Waals surface area contributed by atoms with Crippen molar-refractivity contribution in [3.05, 3.63) is 61.2 Å². The molecule has 3 aliphatic heterocycles. The van der Waals surface area contributed by atoms with Gasteiger partial charge in [-0.2, -0.15) is 15.0 Å². The second-order valence-electron chi connectivity index (χ2n) is 17.0. The molecule has 5 unspecified atom stereocenters. The number of aliphatic hydroxyl groups is 1. The number of nitrogens with zero attached hydrogens (tertiary/aromatic N) is 7. The predicted molar refractivity (Wildman–Crippen MR) is 259 cm³/mol. The first-order valence-corrected chi connectivity index (χ1v) is 27.0. The lowest BCUT2D eigenvalue weighted by Gasteiger charge is -2.29. The van der Waals surface area contributed by atoms with E-state index in [1.165, 1.54) is 44.6 Å². The Balaban J connectivity index is 1.15. The Morgan fingerprint density at radius 3 is 1.73 bits per heavy atom. The maximum absolute atomic E-state index is 14.1. The van der Waals surface area contributed by atoms with Gasteiger partial charge in [-0.15, -0.1) is 0 Å². The second kappa shape index (κ2) is 24.8. The van der Waals surface area contributed by atoms with Crippen molar-refractivity contribution >= 4 is 55.1 Å². The zero-order chi connectivity index (χ0) is 53.6. The van der Waals surface area contributed by atoms with Crippen molar-refractivity contribution in [1.82, 2.24) is 38.6 Å². The summed E-state index contributed by atoms with van der Waals surface area (Å²) in [6.07, 6.45) is -11.5. The van der Waals surface area contributed by atoms with Crippen molar-refractivity contribution in [1.29, 1.82) is 0 Å². The highest BCUT2D eigenvalue weighted by Crippen LogP contribution is 2.53. The van der Waals surface area contributed by atoms with E-state index in [2.05, 4.69) is 24.9 Å². The molecule has 0 amide bonds. The van der Waals surface area contributed by atoms with E-state index in [1.54, 1.807) is 20.8 Å².